The molecule has 0 unspecified atom stereocenters. The van der Waals surface area contributed by atoms with Gasteiger partial charge in [-0.1, -0.05) is 31.0 Å². The summed E-state index contributed by atoms with van der Waals surface area (Å²) in [4.78, 5) is 9.05. The zero-order valence-electron chi connectivity index (χ0n) is 13.2. The fourth-order valence-corrected chi connectivity index (χ4v) is 2.71. The van der Waals surface area contributed by atoms with Gasteiger partial charge in [0.2, 0.25) is 0 Å². The fourth-order valence-electron chi connectivity index (χ4n) is 2.71. The monoisotopic (exact) mass is 288 g/mol. The summed E-state index contributed by atoms with van der Waals surface area (Å²) in [7, 11) is 2.12. The Morgan fingerprint density at radius 1 is 1.14 bits per heavy atom. The van der Waals surface area contributed by atoms with Crippen molar-refractivity contribution in [1.29, 1.82) is 0 Å². The van der Waals surface area contributed by atoms with Crippen LogP contribution in [0, 0.1) is 0 Å². The Labute approximate surface area is 128 Å². The molecule has 0 amide bonds. The molecule has 1 aromatic carbocycles. The minimum absolute atomic E-state index is 0.735. The number of benzene rings is 1. The Hall–Kier alpha value is -1.71. The minimum Gasteiger partial charge on any atom is -0.375 e. The smallest absolute Gasteiger partial charge is 0.191 e. The van der Waals surface area contributed by atoms with Crippen LogP contribution in [0.1, 0.15) is 32.1 Å². The second-order valence-electron chi connectivity index (χ2n) is 5.75. The lowest BCUT2D eigenvalue weighted by atomic mass is 10.2. The van der Waals surface area contributed by atoms with Gasteiger partial charge in [0.25, 0.3) is 0 Å². The number of nitrogens with two attached hydrogens (primary N) is 1. The molecule has 4 heteroatoms. The highest BCUT2D eigenvalue weighted by Crippen LogP contribution is 2.11. The van der Waals surface area contributed by atoms with Crippen molar-refractivity contribution in [2.45, 2.75) is 32.1 Å². The van der Waals surface area contributed by atoms with E-state index in [1.54, 1.807) is 0 Å². The minimum atomic E-state index is 0.735. The number of rotatable bonds is 5. The van der Waals surface area contributed by atoms with Crippen LogP contribution in [0.5, 0.6) is 0 Å². The van der Waals surface area contributed by atoms with E-state index in [1.807, 2.05) is 6.07 Å². The molecule has 0 aliphatic carbocycles. The summed E-state index contributed by atoms with van der Waals surface area (Å²) in [6.45, 7) is 3.94. The van der Waals surface area contributed by atoms with E-state index < -0.39 is 0 Å². The number of para-hydroxylation sites is 1. The number of likely N-dealkylation sites (tertiary alicyclic amines) is 1. The topological polar surface area (TPSA) is 44.9 Å². The average Bonchev–Trinajstić information content (AvgIpc) is 2.81. The molecule has 1 heterocycles. The van der Waals surface area contributed by atoms with E-state index >= 15 is 0 Å². The summed E-state index contributed by atoms with van der Waals surface area (Å²) in [5.41, 5.74) is 7.36. The van der Waals surface area contributed by atoms with Gasteiger partial charge in [0.05, 0.1) is 0 Å². The summed E-state index contributed by atoms with van der Waals surface area (Å²) < 4.78 is 0. The van der Waals surface area contributed by atoms with Crippen LogP contribution >= 0.6 is 0 Å². The van der Waals surface area contributed by atoms with E-state index in [0.29, 0.717) is 0 Å². The normalized spacial score (nSPS) is 16.6. The Balaban J connectivity index is 1.71. The summed E-state index contributed by atoms with van der Waals surface area (Å²) in [6.07, 6.45) is 6.16. The number of aliphatic imine (C=N–C) groups is 1. The molecule has 21 heavy (non-hydrogen) atoms. The standard InChI is InChI=1S/C17H28N4/c1-20(16-10-5-4-6-11-16)13-9-12-19-17(18)21-14-7-2-3-8-15-21/h4-6,10-11H,2-3,7-9,12-15H2,1H3,(H2,18,19). The summed E-state index contributed by atoms with van der Waals surface area (Å²) in [5, 5.41) is 0. The number of guanidine groups is 1. The highest BCUT2D eigenvalue weighted by Gasteiger charge is 2.10. The van der Waals surface area contributed by atoms with E-state index in [0.717, 1.165) is 38.6 Å². The van der Waals surface area contributed by atoms with Gasteiger partial charge in [-0.2, -0.15) is 0 Å². The van der Waals surface area contributed by atoms with Gasteiger partial charge in [-0.15, -0.1) is 0 Å². The van der Waals surface area contributed by atoms with Crippen molar-refractivity contribution in [2.24, 2.45) is 10.7 Å². The van der Waals surface area contributed by atoms with Crippen molar-refractivity contribution in [2.75, 3.05) is 38.1 Å². The molecule has 0 atom stereocenters. The van der Waals surface area contributed by atoms with Crippen LogP contribution in [-0.4, -0.2) is 44.1 Å². The summed E-state index contributed by atoms with van der Waals surface area (Å²) in [5.74, 6) is 0.735. The van der Waals surface area contributed by atoms with Gasteiger partial charge < -0.3 is 15.5 Å². The van der Waals surface area contributed by atoms with Gasteiger partial charge in [0.1, 0.15) is 0 Å². The predicted octanol–water partition coefficient (Wildman–Crippen LogP) is 2.70. The number of nitrogens with zero attached hydrogens (tertiary/aromatic N) is 3. The molecular weight excluding hydrogens is 260 g/mol. The highest BCUT2D eigenvalue weighted by atomic mass is 15.2. The highest BCUT2D eigenvalue weighted by molar-refractivity contribution is 5.78. The molecule has 0 bridgehead atoms. The van der Waals surface area contributed by atoms with Crippen LogP contribution in [0.25, 0.3) is 0 Å². The van der Waals surface area contributed by atoms with Gasteiger partial charge in [0, 0.05) is 38.9 Å². The van der Waals surface area contributed by atoms with Crippen LogP contribution in [0.4, 0.5) is 5.69 Å². The van der Waals surface area contributed by atoms with Crippen LogP contribution in [0.2, 0.25) is 0 Å². The van der Waals surface area contributed by atoms with Gasteiger partial charge in [-0.05, 0) is 31.4 Å². The van der Waals surface area contributed by atoms with E-state index in [2.05, 4.69) is 46.1 Å². The molecule has 1 aromatic rings. The fraction of sp³-hybridized carbons (Fsp3) is 0.588. The second-order valence-corrected chi connectivity index (χ2v) is 5.75. The first kappa shape index (κ1) is 15.7. The Morgan fingerprint density at radius 2 is 1.81 bits per heavy atom. The number of hydrogen-bond acceptors (Lipinski definition) is 2. The van der Waals surface area contributed by atoms with Gasteiger partial charge in [-0.25, -0.2) is 0 Å². The first-order chi connectivity index (χ1) is 10.3. The molecule has 4 nitrogen and oxygen atoms in total. The van der Waals surface area contributed by atoms with Crippen molar-refractivity contribution in [3.63, 3.8) is 0 Å². The van der Waals surface area contributed by atoms with Crippen LogP contribution in [-0.2, 0) is 0 Å². The quantitative estimate of drug-likeness (QED) is 0.515. The van der Waals surface area contributed by atoms with Crippen molar-refractivity contribution in [3.8, 4) is 0 Å². The van der Waals surface area contributed by atoms with Crippen molar-refractivity contribution in [3.05, 3.63) is 30.3 Å². The average molecular weight is 288 g/mol. The van der Waals surface area contributed by atoms with Gasteiger partial charge in [0.15, 0.2) is 5.96 Å². The summed E-state index contributed by atoms with van der Waals surface area (Å²) in [6, 6.07) is 10.5. The van der Waals surface area contributed by atoms with E-state index in [4.69, 9.17) is 5.73 Å². The summed E-state index contributed by atoms with van der Waals surface area (Å²) >= 11 is 0. The van der Waals surface area contributed by atoms with Crippen molar-refractivity contribution < 1.29 is 0 Å². The molecule has 1 aliphatic heterocycles. The molecule has 0 saturated carbocycles. The zero-order chi connectivity index (χ0) is 14.9. The lowest BCUT2D eigenvalue weighted by Gasteiger charge is -2.21. The zero-order valence-corrected chi connectivity index (χ0v) is 13.2. The van der Waals surface area contributed by atoms with Crippen LogP contribution in [0.3, 0.4) is 0 Å². The van der Waals surface area contributed by atoms with Crippen LogP contribution < -0.4 is 10.6 Å². The van der Waals surface area contributed by atoms with Crippen molar-refractivity contribution >= 4 is 11.6 Å². The van der Waals surface area contributed by atoms with Crippen molar-refractivity contribution in [1.82, 2.24) is 4.90 Å². The maximum absolute atomic E-state index is 6.11. The van der Waals surface area contributed by atoms with Gasteiger partial charge in [-0.3, -0.25) is 4.99 Å². The predicted molar refractivity (Wildman–Crippen MR) is 90.9 cm³/mol. The molecule has 1 saturated heterocycles. The van der Waals surface area contributed by atoms with E-state index in [-0.39, 0.29) is 0 Å². The molecule has 0 radical (unpaired) electrons. The molecule has 0 aromatic heterocycles. The molecule has 0 spiro atoms. The molecule has 116 valence electrons. The largest absolute Gasteiger partial charge is 0.375 e. The third-order valence-electron chi connectivity index (χ3n) is 4.05. The van der Waals surface area contributed by atoms with Gasteiger partial charge >= 0.3 is 0 Å². The molecule has 1 fully saturated rings. The lowest BCUT2D eigenvalue weighted by molar-refractivity contribution is 0.428. The first-order valence-corrected chi connectivity index (χ1v) is 8.08. The molecule has 2 N–H and O–H groups in total. The first-order valence-electron chi connectivity index (χ1n) is 8.08. The maximum atomic E-state index is 6.11. The number of hydrogen-bond donors (Lipinski definition) is 1. The Kier molecular flexibility index (Phi) is 6.38. The lowest BCUT2D eigenvalue weighted by Crippen LogP contribution is -2.38. The van der Waals surface area contributed by atoms with E-state index in [1.165, 1.54) is 31.4 Å². The third-order valence-corrected chi connectivity index (χ3v) is 4.05. The number of anilines is 1. The third kappa shape index (κ3) is 5.29. The molecule has 1 aliphatic rings. The van der Waals surface area contributed by atoms with Crippen LogP contribution in [0.15, 0.2) is 35.3 Å². The Bertz CT molecular complexity index is 422. The van der Waals surface area contributed by atoms with E-state index in [9.17, 15) is 0 Å². The molecular formula is C17H28N4. The maximum Gasteiger partial charge on any atom is 0.191 e. The SMILES string of the molecule is CN(CCCN=C(N)N1CCCCCC1)c1ccccc1. The second kappa shape index (κ2) is 8.55. The molecule has 2 rings (SSSR count). The Morgan fingerprint density at radius 3 is 2.48 bits per heavy atom.